The monoisotopic (exact) mass is 216 g/mol. The van der Waals surface area contributed by atoms with E-state index in [4.69, 9.17) is 0 Å². The molecular formula is C7H9BrN2O. The first kappa shape index (κ1) is 8.46. The van der Waals surface area contributed by atoms with E-state index in [9.17, 15) is 4.79 Å². The van der Waals surface area contributed by atoms with Crippen LogP contribution in [0.1, 0.15) is 19.9 Å². The van der Waals surface area contributed by atoms with E-state index >= 15 is 0 Å². The topological polar surface area (TPSA) is 34.9 Å². The summed E-state index contributed by atoms with van der Waals surface area (Å²) in [6, 6.07) is 3.25. The minimum Gasteiger partial charge on any atom is -0.268 e. The second-order valence-corrected chi connectivity index (χ2v) is 3.35. The SMILES string of the molecule is CC(C)n1nc(Br)ccc1=O. The molecule has 4 heteroatoms. The van der Waals surface area contributed by atoms with E-state index in [2.05, 4.69) is 21.0 Å². The average molecular weight is 217 g/mol. The van der Waals surface area contributed by atoms with Gasteiger partial charge in [0.2, 0.25) is 0 Å². The first-order chi connectivity index (χ1) is 5.11. The van der Waals surface area contributed by atoms with Gasteiger partial charge in [0.1, 0.15) is 4.60 Å². The maximum atomic E-state index is 11.1. The summed E-state index contributed by atoms with van der Waals surface area (Å²) in [5.41, 5.74) is -0.0665. The third-order valence-corrected chi connectivity index (χ3v) is 1.70. The van der Waals surface area contributed by atoms with E-state index in [1.54, 1.807) is 6.07 Å². The smallest absolute Gasteiger partial charge is 0.267 e. The highest BCUT2D eigenvalue weighted by atomic mass is 79.9. The van der Waals surface area contributed by atoms with Gasteiger partial charge < -0.3 is 0 Å². The minimum absolute atomic E-state index is 0.0665. The van der Waals surface area contributed by atoms with E-state index in [-0.39, 0.29) is 11.6 Å². The lowest BCUT2D eigenvalue weighted by Crippen LogP contribution is -2.23. The van der Waals surface area contributed by atoms with E-state index < -0.39 is 0 Å². The Morgan fingerprint density at radius 1 is 1.55 bits per heavy atom. The molecule has 0 fully saturated rings. The normalized spacial score (nSPS) is 10.5. The molecule has 0 bridgehead atoms. The molecule has 0 amide bonds. The largest absolute Gasteiger partial charge is 0.268 e. The van der Waals surface area contributed by atoms with Gasteiger partial charge in [-0.25, -0.2) is 4.68 Å². The van der Waals surface area contributed by atoms with Crippen molar-refractivity contribution in [3.63, 3.8) is 0 Å². The van der Waals surface area contributed by atoms with Crippen LogP contribution in [-0.4, -0.2) is 9.78 Å². The van der Waals surface area contributed by atoms with Crippen molar-refractivity contribution in [3.8, 4) is 0 Å². The standard InChI is InChI=1S/C7H9BrN2O/c1-5(2)10-7(11)4-3-6(8)9-10/h3-5H,1-2H3. The zero-order valence-electron chi connectivity index (χ0n) is 6.41. The zero-order chi connectivity index (χ0) is 8.43. The molecule has 0 atom stereocenters. The molecule has 60 valence electrons. The number of hydrogen-bond acceptors (Lipinski definition) is 2. The van der Waals surface area contributed by atoms with Crippen LogP contribution in [0, 0.1) is 0 Å². The van der Waals surface area contributed by atoms with Crippen molar-refractivity contribution in [1.82, 2.24) is 9.78 Å². The fourth-order valence-corrected chi connectivity index (χ4v) is 1.07. The maximum Gasteiger partial charge on any atom is 0.267 e. The summed E-state index contributed by atoms with van der Waals surface area (Å²) in [5.74, 6) is 0. The number of hydrogen-bond donors (Lipinski definition) is 0. The first-order valence-electron chi connectivity index (χ1n) is 3.36. The molecule has 0 aromatic carbocycles. The molecule has 3 nitrogen and oxygen atoms in total. The lowest BCUT2D eigenvalue weighted by molar-refractivity contribution is 0.498. The summed E-state index contributed by atoms with van der Waals surface area (Å²) in [4.78, 5) is 11.1. The highest BCUT2D eigenvalue weighted by Crippen LogP contribution is 2.03. The maximum absolute atomic E-state index is 11.1. The summed E-state index contributed by atoms with van der Waals surface area (Å²) >= 11 is 3.19. The lowest BCUT2D eigenvalue weighted by Gasteiger charge is -2.06. The molecule has 0 spiro atoms. The van der Waals surface area contributed by atoms with Crippen LogP contribution in [-0.2, 0) is 0 Å². The summed E-state index contributed by atoms with van der Waals surface area (Å²) in [7, 11) is 0. The molecule has 0 unspecified atom stereocenters. The van der Waals surface area contributed by atoms with Gasteiger partial charge in [-0.15, -0.1) is 0 Å². The Bertz CT molecular complexity index is 306. The molecular weight excluding hydrogens is 208 g/mol. The van der Waals surface area contributed by atoms with E-state index in [0.29, 0.717) is 4.60 Å². The van der Waals surface area contributed by atoms with Crippen molar-refractivity contribution in [2.75, 3.05) is 0 Å². The number of aromatic nitrogens is 2. The molecule has 0 radical (unpaired) electrons. The van der Waals surface area contributed by atoms with Gasteiger partial charge >= 0.3 is 0 Å². The van der Waals surface area contributed by atoms with Crippen molar-refractivity contribution in [1.29, 1.82) is 0 Å². The molecule has 1 rings (SSSR count). The molecule has 0 aliphatic carbocycles. The van der Waals surface area contributed by atoms with Crippen molar-refractivity contribution in [3.05, 3.63) is 27.1 Å². The Labute approximate surface area is 73.2 Å². The van der Waals surface area contributed by atoms with Gasteiger partial charge in [0.25, 0.3) is 5.56 Å². The number of rotatable bonds is 1. The lowest BCUT2D eigenvalue weighted by atomic mass is 10.4. The fraction of sp³-hybridized carbons (Fsp3) is 0.429. The van der Waals surface area contributed by atoms with Gasteiger partial charge in [-0.05, 0) is 35.8 Å². The predicted octanol–water partition coefficient (Wildman–Crippen LogP) is 1.59. The van der Waals surface area contributed by atoms with Crippen LogP contribution in [0.2, 0.25) is 0 Å². The minimum atomic E-state index is -0.0665. The van der Waals surface area contributed by atoms with Crippen LogP contribution in [0.25, 0.3) is 0 Å². The predicted molar refractivity (Wildman–Crippen MR) is 46.6 cm³/mol. The fourth-order valence-electron chi connectivity index (χ4n) is 0.772. The number of nitrogens with zero attached hydrogens (tertiary/aromatic N) is 2. The van der Waals surface area contributed by atoms with Crippen molar-refractivity contribution in [2.45, 2.75) is 19.9 Å². The molecule has 0 saturated heterocycles. The van der Waals surface area contributed by atoms with Crippen molar-refractivity contribution in [2.24, 2.45) is 0 Å². The zero-order valence-corrected chi connectivity index (χ0v) is 8.00. The van der Waals surface area contributed by atoms with Crippen molar-refractivity contribution < 1.29 is 0 Å². The average Bonchev–Trinajstić information content (AvgIpc) is 1.94. The number of halogens is 1. The van der Waals surface area contributed by atoms with E-state index in [1.807, 2.05) is 13.8 Å². The summed E-state index contributed by atoms with van der Waals surface area (Å²) in [6.07, 6.45) is 0. The molecule has 0 N–H and O–H groups in total. The van der Waals surface area contributed by atoms with Crippen molar-refractivity contribution >= 4 is 15.9 Å². The third kappa shape index (κ3) is 1.89. The molecule has 0 aliphatic heterocycles. The van der Waals surface area contributed by atoms with Crippen LogP contribution in [0.15, 0.2) is 21.5 Å². The van der Waals surface area contributed by atoms with Gasteiger partial charge in [-0.2, -0.15) is 5.10 Å². The highest BCUT2D eigenvalue weighted by molar-refractivity contribution is 9.10. The summed E-state index contributed by atoms with van der Waals surface area (Å²) in [5, 5.41) is 3.99. The Kier molecular flexibility index (Phi) is 2.44. The van der Waals surface area contributed by atoms with Gasteiger partial charge in [0.05, 0.1) is 6.04 Å². The molecule has 11 heavy (non-hydrogen) atoms. The Hall–Kier alpha value is -0.640. The molecule has 0 saturated carbocycles. The quantitative estimate of drug-likeness (QED) is 0.715. The van der Waals surface area contributed by atoms with Crippen LogP contribution in [0.3, 0.4) is 0 Å². The third-order valence-electron chi connectivity index (χ3n) is 1.28. The van der Waals surface area contributed by atoms with Crippen LogP contribution >= 0.6 is 15.9 Å². The molecule has 1 aromatic heterocycles. The van der Waals surface area contributed by atoms with Gasteiger partial charge in [-0.1, -0.05) is 0 Å². The first-order valence-corrected chi connectivity index (χ1v) is 4.16. The highest BCUT2D eigenvalue weighted by Gasteiger charge is 2.00. The second kappa shape index (κ2) is 3.17. The second-order valence-electron chi connectivity index (χ2n) is 2.53. The van der Waals surface area contributed by atoms with E-state index in [1.165, 1.54) is 10.7 Å². The summed E-state index contributed by atoms with van der Waals surface area (Å²) < 4.78 is 2.12. The molecule has 0 aliphatic rings. The van der Waals surface area contributed by atoms with Gasteiger partial charge in [0.15, 0.2) is 0 Å². The van der Waals surface area contributed by atoms with Gasteiger partial charge in [-0.3, -0.25) is 4.79 Å². The molecule has 1 heterocycles. The summed E-state index contributed by atoms with van der Waals surface area (Å²) in [6.45, 7) is 3.84. The van der Waals surface area contributed by atoms with Crippen LogP contribution in [0.5, 0.6) is 0 Å². The van der Waals surface area contributed by atoms with E-state index in [0.717, 1.165) is 0 Å². The van der Waals surface area contributed by atoms with Crippen LogP contribution in [0.4, 0.5) is 0 Å². The Morgan fingerprint density at radius 2 is 2.18 bits per heavy atom. The Morgan fingerprint density at radius 3 is 2.64 bits per heavy atom. The van der Waals surface area contributed by atoms with Crippen LogP contribution < -0.4 is 5.56 Å². The Balaban J connectivity index is 3.24. The molecule has 1 aromatic rings. The van der Waals surface area contributed by atoms with Gasteiger partial charge in [0, 0.05) is 6.07 Å².